The molecular formula is C23H33N5O. The zero-order valence-electron chi connectivity index (χ0n) is 17.7. The van der Waals surface area contributed by atoms with Crippen molar-refractivity contribution < 1.29 is 4.74 Å². The van der Waals surface area contributed by atoms with Crippen molar-refractivity contribution in [3.05, 3.63) is 53.9 Å². The molecule has 2 aliphatic rings. The Morgan fingerprint density at radius 3 is 2.76 bits per heavy atom. The molecule has 0 aliphatic carbocycles. The average molecular weight is 396 g/mol. The quantitative estimate of drug-likeness (QED) is 0.625. The second-order valence-corrected chi connectivity index (χ2v) is 8.31. The molecule has 29 heavy (non-hydrogen) atoms. The first-order chi connectivity index (χ1) is 14.2. The van der Waals surface area contributed by atoms with Crippen LogP contribution in [0.25, 0.3) is 0 Å². The summed E-state index contributed by atoms with van der Waals surface area (Å²) in [5, 5.41) is 7.88. The highest BCUT2D eigenvalue weighted by molar-refractivity contribution is 5.80. The fraction of sp³-hybridized carbons (Fsp3) is 0.565. The maximum atomic E-state index is 5.68. The highest BCUT2D eigenvalue weighted by Crippen LogP contribution is 2.35. The molecule has 0 saturated carbocycles. The molecule has 1 N–H and O–H groups in total. The highest BCUT2D eigenvalue weighted by atomic mass is 16.5. The number of aryl methyl sites for hydroxylation is 1. The Morgan fingerprint density at radius 2 is 2.07 bits per heavy atom. The predicted octanol–water partition coefficient (Wildman–Crippen LogP) is 2.92. The fourth-order valence-corrected chi connectivity index (χ4v) is 4.62. The van der Waals surface area contributed by atoms with Gasteiger partial charge in [-0.15, -0.1) is 0 Å². The maximum absolute atomic E-state index is 5.68. The second-order valence-electron chi connectivity index (χ2n) is 8.31. The van der Waals surface area contributed by atoms with Gasteiger partial charge in [-0.3, -0.25) is 9.67 Å². The van der Waals surface area contributed by atoms with E-state index in [0.29, 0.717) is 5.92 Å². The molecule has 156 valence electrons. The van der Waals surface area contributed by atoms with Gasteiger partial charge in [0.05, 0.1) is 12.7 Å². The van der Waals surface area contributed by atoms with Crippen molar-refractivity contribution in [3.8, 4) is 0 Å². The molecule has 1 aromatic carbocycles. The summed E-state index contributed by atoms with van der Waals surface area (Å²) in [5.41, 5.74) is 2.79. The fourth-order valence-electron chi connectivity index (χ4n) is 4.62. The van der Waals surface area contributed by atoms with E-state index in [1.165, 1.54) is 11.1 Å². The number of likely N-dealkylation sites (tertiary alicyclic amines) is 1. The van der Waals surface area contributed by atoms with Crippen LogP contribution in [0.5, 0.6) is 0 Å². The molecule has 4 rings (SSSR count). The molecule has 1 unspecified atom stereocenters. The Hall–Kier alpha value is -2.34. The number of nitrogens with one attached hydrogen (secondary N) is 1. The Morgan fingerprint density at radius 1 is 1.28 bits per heavy atom. The van der Waals surface area contributed by atoms with Gasteiger partial charge in [-0.2, -0.15) is 5.10 Å². The summed E-state index contributed by atoms with van der Waals surface area (Å²) < 4.78 is 7.58. The summed E-state index contributed by atoms with van der Waals surface area (Å²) in [5.74, 6) is 1.57. The maximum Gasteiger partial charge on any atom is 0.193 e. The van der Waals surface area contributed by atoms with Crippen molar-refractivity contribution in [1.82, 2.24) is 20.0 Å². The minimum atomic E-state index is 0.0721. The number of aliphatic imine (C=N–C) groups is 1. The number of hydrogen-bond donors (Lipinski definition) is 1. The molecule has 2 saturated heterocycles. The molecule has 2 fully saturated rings. The van der Waals surface area contributed by atoms with Crippen LogP contribution in [0.3, 0.4) is 0 Å². The lowest BCUT2D eigenvalue weighted by molar-refractivity contribution is 0.0530. The highest BCUT2D eigenvalue weighted by Gasteiger charge is 2.35. The summed E-state index contributed by atoms with van der Waals surface area (Å²) in [4.78, 5) is 7.57. The van der Waals surface area contributed by atoms with E-state index in [4.69, 9.17) is 9.73 Å². The van der Waals surface area contributed by atoms with E-state index in [1.54, 1.807) is 0 Å². The molecule has 2 aliphatic heterocycles. The monoisotopic (exact) mass is 395 g/mol. The third-order valence-corrected chi connectivity index (χ3v) is 6.39. The molecule has 0 amide bonds. The Bertz CT molecular complexity index is 810. The molecular weight excluding hydrogens is 362 g/mol. The minimum Gasteiger partial charge on any atom is -0.381 e. The van der Waals surface area contributed by atoms with E-state index in [2.05, 4.69) is 58.8 Å². The Labute approximate surface area is 174 Å². The van der Waals surface area contributed by atoms with Crippen LogP contribution in [0.15, 0.2) is 47.7 Å². The molecule has 6 heteroatoms. The van der Waals surface area contributed by atoms with Crippen LogP contribution in [-0.2, 0) is 17.2 Å². The van der Waals surface area contributed by atoms with Crippen LogP contribution in [0.2, 0.25) is 0 Å². The summed E-state index contributed by atoms with van der Waals surface area (Å²) in [7, 11) is 1.98. The largest absolute Gasteiger partial charge is 0.381 e. The first-order valence-corrected chi connectivity index (χ1v) is 10.9. The number of benzene rings is 1. The van der Waals surface area contributed by atoms with Crippen LogP contribution < -0.4 is 5.32 Å². The molecule has 3 heterocycles. The topological polar surface area (TPSA) is 54.7 Å². The molecule has 6 nitrogen and oxygen atoms in total. The van der Waals surface area contributed by atoms with Crippen LogP contribution in [-0.4, -0.2) is 60.0 Å². The van der Waals surface area contributed by atoms with E-state index >= 15 is 0 Å². The number of guanidine groups is 1. The van der Waals surface area contributed by atoms with Crippen molar-refractivity contribution in [2.45, 2.75) is 37.5 Å². The number of nitrogens with zero attached hydrogens (tertiary/aromatic N) is 4. The Kier molecular flexibility index (Phi) is 6.19. The smallest absolute Gasteiger partial charge is 0.193 e. The van der Waals surface area contributed by atoms with Gasteiger partial charge in [-0.25, -0.2) is 0 Å². The van der Waals surface area contributed by atoms with E-state index < -0.39 is 0 Å². The number of rotatable bonds is 5. The second kappa shape index (κ2) is 8.99. The van der Waals surface area contributed by atoms with Crippen molar-refractivity contribution in [1.29, 1.82) is 0 Å². The first kappa shape index (κ1) is 20.0. The van der Waals surface area contributed by atoms with Gasteiger partial charge < -0.3 is 15.0 Å². The van der Waals surface area contributed by atoms with Gasteiger partial charge in [0.1, 0.15) is 0 Å². The van der Waals surface area contributed by atoms with Gasteiger partial charge in [0.25, 0.3) is 0 Å². The standard InChI is InChI=1S/C23H33N5O/c1-3-24-22(28-12-9-19(17-28)20-15-26-27(2)16-20)25-18-23(10-13-29-14-11-23)21-7-5-4-6-8-21/h4-8,15-16,19H,3,9-14,17-18H2,1-2H3,(H,24,25). The minimum absolute atomic E-state index is 0.0721. The number of ether oxygens (including phenoxy) is 1. The SMILES string of the molecule is CCNC(=NCC1(c2ccccc2)CCOCC1)N1CCC(c2cnn(C)c2)C1. The summed E-state index contributed by atoms with van der Waals surface area (Å²) >= 11 is 0. The lowest BCUT2D eigenvalue weighted by Crippen LogP contribution is -2.42. The van der Waals surface area contributed by atoms with Crippen molar-refractivity contribution in [2.75, 3.05) is 39.4 Å². The van der Waals surface area contributed by atoms with Crippen molar-refractivity contribution in [3.63, 3.8) is 0 Å². The van der Waals surface area contributed by atoms with Crippen LogP contribution in [0, 0.1) is 0 Å². The average Bonchev–Trinajstić information content (AvgIpc) is 3.42. The zero-order valence-corrected chi connectivity index (χ0v) is 17.7. The van der Waals surface area contributed by atoms with Gasteiger partial charge in [-0.05, 0) is 37.3 Å². The first-order valence-electron chi connectivity index (χ1n) is 10.9. The van der Waals surface area contributed by atoms with E-state index in [9.17, 15) is 0 Å². The number of aromatic nitrogens is 2. The Balaban J connectivity index is 1.51. The third kappa shape index (κ3) is 4.47. The zero-order chi connectivity index (χ0) is 20.1. The third-order valence-electron chi connectivity index (χ3n) is 6.39. The predicted molar refractivity (Wildman–Crippen MR) is 116 cm³/mol. The van der Waals surface area contributed by atoms with Gasteiger partial charge in [0.15, 0.2) is 5.96 Å². The molecule has 0 radical (unpaired) electrons. The van der Waals surface area contributed by atoms with E-state index in [0.717, 1.165) is 64.6 Å². The summed E-state index contributed by atoms with van der Waals surface area (Å²) in [6, 6.07) is 10.9. The van der Waals surface area contributed by atoms with E-state index in [1.807, 2.05) is 17.9 Å². The summed E-state index contributed by atoms with van der Waals surface area (Å²) in [6.45, 7) is 7.49. The van der Waals surface area contributed by atoms with Crippen LogP contribution in [0.1, 0.15) is 43.2 Å². The molecule has 1 atom stereocenters. The van der Waals surface area contributed by atoms with Crippen molar-refractivity contribution >= 4 is 5.96 Å². The normalized spacial score (nSPS) is 22.1. The van der Waals surface area contributed by atoms with Gasteiger partial charge in [0, 0.05) is 57.4 Å². The van der Waals surface area contributed by atoms with Crippen LogP contribution in [0.4, 0.5) is 0 Å². The molecule has 1 aromatic heterocycles. The van der Waals surface area contributed by atoms with Crippen LogP contribution >= 0.6 is 0 Å². The van der Waals surface area contributed by atoms with E-state index in [-0.39, 0.29) is 5.41 Å². The number of hydrogen-bond acceptors (Lipinski definition) is 3. The lowest BCUT2D eigenvalue weighted by atomic mass is 9.74. The molecule has 0 spiro atoms. The molecule has 0 bridgehead atoms. The van der Waals surface area contributed by atoms with Crippen molar-refractivity contribution in [2.24, 2.45) is 12.0 Å². The lowest BCUT2D eigenvalue weighted by Gasteiger charge is -2.37. The van der Waals surface area contributed by atoms with Gasteiger partial charge in [0.2, 0.25) is 0 Å². The van der Waals surface area contributed by atoms with Gasteiger partial charge >= 0.3 is 0 Å². The molecule has 2 aromatic rings. The van der Waals surface area contributed by atoms with Gasteiger partial charge in [-0.1, -0.05) is 30.3 Å². The summed E-state index contributed by atoms with van der Waals surface area (Å²) in [6.07, 6.45) is 7.35.